The highest BCUT2D eigenvalue weighted by Gasteiger charge is 2.16. The fraction of sp³-hybridized carbons (Fsp3) is 0.545. The molecule has 1 aromatic rings. The van der Waals surface area contributed by atoms with Gasteiger partial charge in [-0.1, -0.05) is 0 Å². The third kappa shape index (κ3) is 4.42. The van der Waals surface area contributed by atoms with Crippen molar-refractivity contribution in [3.8, 4) is 0 Å². The second-order valence-corrected chi connectivity index (χ2v) is 4.91. The minimum atomic E-state index is -1.07. The summed E-state index contributed by atoms with van der Waals surface area (Å²) >= 11 is 1.20. The summed E-state index contributed by atoms with van der Waals surface area (Å²) in [5.74, 6) is -1.32. The number of carboxylic acids is 1. The Hall–Kier alpha value is -1.47. The average molecular weight is 272 g/mol. The van der Waals surface area contributed by atoms with Crippen LogP contribution in [0.3, 0.4) is 0 Å². The maximum absolute atomic E-state index is 11.5. The zero-order chi connectivity index (χ0) is 13.7. The lowest BCUT2D eigenvalue weighted by atomic mass is 10.3. The van der Waals surface area contributed by atoms with Crippen LogP contribution in [0, 0.1) is 0 Å². The van der Waals surface area contributed by atoms with Gasteiger partial charge in [-0.15, -0.1) is 11.3 Å². The topological polar surface area (TPSA) is 88.5 Å². The van der Waals surface area contributed by atoms with Gasteiger partial charge in [0.05, 0.1) is 12.1 Å². The molecule has 0 aromatic carbocycles. The molecular weight excluding hydrogens is 256 g/mol. The van der Waals surface area contributed by atoms with Crippen molar-refractivity contribution in [2.75, 3.05) is 6.61 Å². The molecule has 0 fully saturated rings. The van der Waals surface area contributed by atoms with Crippen LogP contribution in [0.5, 0.6) is 0 Å². The number of amides is 1. The zero-order valence-electron chi connectivity index (χ0n) is 10.5. The molecule has 2 N–H and O–H groups in total. The van der Waals surface area contributed by atoms with Gasteiger partial charge in [0.2, 0.25) is 5.91 Å². The van der Waals surface area contributed by atoms with Crippen LogP contribution in [0.15, 0.2) is 5.38 Å². The molecule has 0 aliphatic heterocycles. The lowest BCUT2D eigenvalue weighted by molar-refractivity contribution is -0.127. The van der Waals surface area contributed by atoms with Crippen molar-refractivity contribution in [3.63, 3.8) is 0 Å². The van der Waals surface area contributed by atoms with Crippen molar-refractivity contribution in [1.29, 1.82) is 0 Å². The van der Waals surface area contributed by atoms with Crippen LogP contribution in [0.25, 0.3) is 0 Å². The Kier molecular flexibility index (Phi) is 5.24. The van der Waals surface area contributed by atoms with Gasteiger partial charge in [-0.05, 0) is 20.8 Å². The van der Waals surface area contributed by atoms with E-state index in [1.807, 2.05) is 13.8 Å². The van der Waals surface area contributed by atoms with Crippen LogP contribution in [0.1, 0.15) is 42.3 Å². The van der Waals surface area contributed by atoms with Crippen LogP contribution < -0.4 is 5.32 Å². The minimum absolute atomic E-state index is 0.00507. The predicted molar refractivity (Wildman–Crippen MR) is 66.7 cm³/mol. The first-order valence-corrected chi connectivity index (χ1v) is 6.37. The molecule has 0 radical (unpaired) electrons. The van der Waals surface area contributed by atoms with E-state index < -0.39 is 5.97 Å². The number of ether oxygens (including phenoxy) is 1. The maximum Gasteiger partial charge on any atom is 0.355 e. The van der Waals surface area contributed by atoms with Gasteiger partial charge in [-0.3, -0.25) is 4.79 Å². The molecule has 6 nitrogen and oxygen atoms in total. The molecule has 0 spiro atoms. The third-order valence-electron chi connectivity index (χ3n) is 2.04. The second-order valence-electron chi connectivity index (χ2n) is 4.03. The molecule has 0 saturated carbocycles. The molecule has 7 heteroatoms. The Balaban J connectivity index is 2.51. The number of hydrogen-bond donors (Lipinski definition) is 2. The summed E-state index contributed by atoms with van der Waals surface area (Å²) in [4.78, 5) is 26.1. The van der Waals surface area contributed by atoms with E-state index in [2.05, 4.69) is 10.3 Å². The highest BCUT2D eigenvalue weighted by Crippen LogP contribution is 2.17. The van der Waals surface area contributed by atoms with Crippen molar-refractivity contribution in [2.24, 2.45) is 0 Å². The van der Waals surface area contributed by atoms with Crippen molar-refractivity contribution in [2.45, 2.75) is 32.9 Å². The van der Waals surface area contributed by atoms with E-state index in [0.29, 0.717) is 5.01 Å². The Morgan fingerprint density at radius 3 is 2.67 bits per heavy atom. The van der Waals surface area contributed by atoms with Gasteiger partial charge < -0.3 is 15.2 Å². The number of thiazole rings is 1. The number of carbonyl (C=O) groups excluding carboxylic acids is 1. The van der Waals surface area contributed by atoms with E-state index in [1.54, 1.807) is 6.92 Å². The molecule has 1 amide bonds. The number of nitrogens with one attached hydrogen (secondary N) is 1. The summed E-state index contributed by atoms with van der Waals surface area (Å²) in [6.07, 6.45) is -0.00969. The van der Waals surface area contributed by atoms with Crippen molar-refractivity contribution in [3.05, 3.63) is 16.1 Å². The van der Waals surface area contributed by atoms with Gasteiger partial charge in [0, 0.05) is 5.38 Å². The third-order valence-corrected chi connectivity index (χ3v) is 3.06. The van der Waals surface area contributed by atoms with E-state index in [4.69, 9.17) is 9.84 Å². The van der Waals surface area contributed by atoms with E-state index in [0.717, 1.165) is 0 Å². The summed E-state index contributed by atoms with van der Waals surface area (Å²) in [5, 5.41) is 13.4. The first kappa shape index (κ1) is 14.6. The smallest absolute Gasteiger partial charge is 0.355 e. The second kappa shape index (κ2) is 6.46. The zero-order valence-corrected chi connectivity index (χ0v) is 11.3. The first-order valence-electron chi connectivity index (χ1n) is 5.49. The molecule has 1 atom stereocenters. The van der Waals surface area contributed by atoms with Gasteiger partial charge >= 0.3 is 5.97 Å². The van der Waals surface area contributed by atoms with Gasteiger partial charge in [0.25, 0.3) is 0 Å². The Bertz CT molecular complexity index is 430. The Morgan fingerprint density at radius 1 is 1.50 bits per heavy atom. The highest BCUT2D eigenvalue weighted by atomic mass is 32.1. The number of carboxylic acid groups (broad SMARTS) is 1. The van der Waals surface area contributed by atoms with Gasteiger partial charge in [-0.2, -0.15) is 0 Å². The maximum atomic E-state index is 11.5. The molecular formula is C11H16N2O4S. The van der Waals surface area contributed by atoms with Crippen molar-refractivity contribution >= 4 is 23.2 Å². The SMILES string of the molecule is CC(C)OCC(=O)NC(C)c1nc(C(=O)O)cs1. The average Bonchev–Trinajstić information content (AvgIpc) is 2.75. The summed E-state index contributed by atoms with van der Waals surface area (Å²) in [7, 11) is 0. The van der Waals surface area contributed by atoms with E-state index in [9.17, 15) is 9.59 Å². The van der Waals surface area contributed by atoms with Crippen LogP contribution >= 0.6 is 11.3 Å². The molecule has 100 valence electrons. The molecule has 0 aliphatic rings. The normalized spacial score (nSPS) is 12.4. The number of hydrogen-bond acceptors (Lipinski definition) is 5. The fourth-order valence-electron chi connectivity index (χ4n) is 1.17. The molecule has 1 heterocycles. The number of aromatic nitrogens is 1. The number of aromatic carboxylic acids is 1. The lowest BCUT2D eigenvalue weighted by Crippen LogP contribution is -2.31. The Morgan fingerprint density at radius 2 is 2.17 bits per heavy atom. The molecule has 1 unspecified atom stereocenters. The largest absolute Gasteiger partial charge is 0.476 e. The van der Waals surface area contributed by atoms with E-state index in [1.165, 1.54) is 16.7 Å². The Labute approximate surface area is 109 Å². The van der Waals surface area contributed by atoms with Gasteiger partial charge in [0.15, 0.2) is 5.69 Å². The van der Waals surface area contributed by atoms with Gasteiger partial charge in [0.1, 0.15) is 11.6 Å². The molecule has 1 aromatic heterocycles. The molecule has 0 saturated heterocycles. The quantitative estimate of drug-likeness (QED) is 0.818. The minimum Gasteiger partial charge on any atom is -0.476 e. The van der Waals surface area contributed by atoms with Crippen LogP contribution in [-0.4, -0.2) is 34.7 Å². The molecule has 18 heavy (non-hydrogen) atoms. The molecule has 0 aliphatic carbocycles. The summed E-state index contributed by atoms with van der Waals surface area (Å²) in [6.45, 7) is 5.42. The van der Waals surface area contributed by atoms with Crippen molar-refractivity contribution < 1.29 is 19.4 Å². The van der Waals surface area contributed by atoms with E-state index >= 15 is 0 Å². The van der Waals surface area contributed by atoms with E-state index in [-0.39, 0.29) is 30.4 Å². The van der Waals surface area contributed by atoms with Crippen LogP contribution in [0.2, 0.25) is 0 Å². The lowest BCUT2D eigenvalue weighted by Gasteiger charge is -2.12. The number of carbonyl (C=O) groups is 2. The highest BCUT2D eigenvalue weighted by molar-refractivity contribution is 7.09. The number of nitrogens with zero attached hydrogens (tertiary/aromatic N) is 1. The molecule has 1 rings (SSSR count). The first-order chi connectivity index (χ1) is 8.40. The van der Waals surface area contributed by atoms with Gasteiger partial charge in [-0.25, -0.2) is 9.78 Å². The standard InChI is InChI=1S/C11H16N2O4S/c1-6(2)17-4-9(14)12-7(3)10-13-8(5-18-10)11(15)16/h5-7H,4H2,1-3H3,(H,12,14)(H,15,16). The summed E-state index contributed by atoms with van der Waals surface area (Å²) in [6, 6.07) is -0.327. The molecule has 0 bridgehead atoms. The van der Waals surface area contributed by atoms with Crippen LogP contribution in [0.4, 0.5) is 0 Å². The summed E-state index contributed by atoms with van der Waals surface area (Å²) < 4.78 is 5.16. The predicted octanol–water partition coefficient (Wildman–Crippen LogP) is 1.44. The number of rotatable bonds is 6. The monoisotopic (exact) mass is 272 g/mol. The van der Waals surface area contributed by atoms with Crippen LogP contribution in [-0.2, 0) is 9.53 Å². The summed E-state index contributed by atoms with van der Waals surface area (Å²) in [5.41, 5.74) is -0.00507. The van der Waals surface area contributed by atoms with Crippen molar-refractivity contribution in [1.82, 2.24) is 10.3 Å². The fourth-order valence-corrected chi connectivity index (χ4v) is 1.97.